The van der Waals surface area contributed by atoms with Gasteiger partial charge in [-0.15, -0.1) is 0 Å². The van der Waals surface area contributed by atoms with Crippen LogP contribution in [-0.2, 0) is 4.79 Å². The van der Waals surface area contributed by atoms with Gasteiger partial charge in [0.2, 0.25) is 0 Å². The molecule has 114 valence electrons. The van der Waals surface area contributed by atoms with Crippen molar-refractivity contribution in [3.05, 3.63) is 42.4 Å². The summed E-state index contributed by atoms with van der Waals surface area (Å²) in [6, 6.07) is 6.99. The molecule has 1 N–H and O–H groups in total. The highest BCUT2D eigenvalue weighted by Gasteiger charge is 2.28. The van der Waals surface area contributed by atoms with E-state index in [0.29, 0.717) is 37.4 Å². The lowest BCUT2D eigenvalue weighted by Crippen LogP contribution is -2.40. The Labute approximate surface area is 127 Å². The average molecular weight is 300 g/mol. The van der Waals surface area contributed by atoms with Crippen LogP contribution in [0.15, 0.2) is 36.7 Å². The first-order valence-corrected chi connectivity index (χ1v) is 7.14. The topological polar surface area (TPSA) is 88.3 Å². The molecule has 0 unspecified atom stereocenters. The van der Waals surface area contributed by atoms with Crippen LogP contribution in [0.2, 0.25) is 0 Å². The summed E-state index contributed by atoms with van der Waals surface area (Å²) >= 11 is 0. The summed E-state index contributed by atoms with van der Waals surface area (Å²) in [4.78, 5) is 29.4. The number of rotatable bonds is 3. The number of likely N-dealkylation sites (tertiary alicyclic amines) is 1. The van der Waals surface area contributed by atoms with Crippen molar-refractivity contribution >= 4 is 11.9 Å². The van der Waals surface area contributed by atoms with E-state index in [2.05, 4.69) is 10.1 Å². The van der Waals surface area contributed by atoms with E-state index in [-0.39, 0.29) is 11.8 Å². The Balaban J connectivity index is 1.73. The van der Waals surface area contributed by atoms with Crippen LogP contribution >= 0.6 is 0 Å². The van der Waals surface area contributed by atoms with Crippen LogP contribution in [0, 0.1) is 5.92 Å². The minimum atomic E-state index is -0.786. The van der Waals surface area contributed by atoms with Crippen molar-refractivity contribution in [1.29, 1.82) is 0 Å². The van der Waals surface area contributed by atoms with Gasteiger partial charge in [0.15, 0.2) is 5.82 Å². The normalized spacial score (nSPS) is 15.7. The summed E-state index contributed by atoms with van der Waals surface area (Å²) in [5.74, 6) is -0.729. The summed E-state index contributed by atoms with van der Waals surface area (Å²) in [6.45, 7) is 0.896. The molecule has 1 fully saturated rings. The van der Waals surface area contributed by atoms with Gasteiger partial charge in [-0.3, -0.25) is 9.59 Å². The molecule has 2 aromatic heterocycles. The smallest absolute Gasteiger partial charge is 0.306 e. The SMILES string of the molecule is O=C(O)C1CCN(C(=O)c2cccc(-n3cccn3)n2)CC1. The predicted octanol–water partition coefficient (Wildman–Crippen LogP) is 1.20. The minimum absolute atomic E-state index is 0.169. The molecule has 1 aliphatic rings. The number of carbonyl (C=O) groups is 2. The van der Waals surface area contributed by atoms with Gasteiger partial charge < -0.3 is 10.0 Å². The first-order chi connectivity index (χ1) is 10.6. The number of carboxylic acids is 1. The molecule has 22 heavy (non-hydrogen) atoms. The maximum absolute atomic E-state index is 12.5. The first-order valence-electron chi connectivity index (χ1n) is 7.14. The van der Waals surface area contributed by atoms with Gasteiger partial charge in [-0.1, -0.05) is 6.07 Å². The third-order valence-electron chi connectivity index (χ3n) is 3.82. The van der Waals surface area contributed by atoms with Crippen LogP contribution in [0.4, 0.5) is 0 Å². The molecule has 7 nitrogen and oxygen atoms in total. The third-order valence-corrected chi connectivity index (χ3v) is 3.82. The first kappa shape index (κ1) is 14.2. The lowest BCUT2D eigenvalue weighted by atomic mass is 9.97. The molecule has 0 bridgehead atoms. The fourth-order valence-corrected chi connectivity index (χ4v) is 2.57. The van der Waals surface area contributed by atoms with E-state index in [9.17, 15) is 9.59 Å². The van der Waals surface area contributed by atoms with Gasteiger partial charge in [-0.05, 0) is 31.0 Å². The van der Waals surface area contributed by atoms with Crippen LogP contribution in [0.3, 0.4) is 0 Å². The van der Waals surface area contributed by atoms with E-state index < -0.39 is 5.97 Å². The number of nitrogens with zero attached hydrogens (tertiary/aromatic N) is 4. The Kier molecular flexibility index (Phi) is 3.86. The molecule has 0 aromatic carbocycles. The van der Waals surface area contributed by atoms with Crippen molar-refractivity contribution in [2.24, 2.45) is 5.92 Å². The lowest BCUT2D eigenvalue weighted by Gasteiger charge is -2.29. The van der Waals surface area contributed by atoms with Crippen LogP contribution < -0.4 is 0 Å². The van der Waals surface area contributed by atoms with Crippen molar-refractivity contribution in [2.45, 2.75) is 12.8 Å². The van der Waals surface area contributed by atoms with E-state index >= 15 is 0 Å². The van der Waals surface area contributed by atoms with Crippen molar-refractivity contribution in [1.82, 2.24) is 19.7 Å². The van der Waals surface area contributed by atoms with E-state index in [1.807, 2.05) is 0 Å². The number of carbonyl (C=O) groups excluding carboxylic acids is 1. The zero-order valence-electron chi connectivity index (χ0n) is 11.9. The van der Waals surface area contributed by atoms with Gasteiger partial charge in [-0.25, -0.2) is 9.67 Å². The highest BCUT2D eigenvalue weighted by molar-refractivity contribution is 5.92. The van der Waals surface area contributed by atoms with E-state index in [1.54, 1.807) is 46.2 Å². The van der Waals surface area contributed by atoms with Crippen LogP contribution in [0.1, 0.15) is 23.3 Å². The maximum atomic E-state index is 12.5. The van der Waals surface area contributed by atoms with E-state index in [4.69, 9.17) is 5.11 Å². The van der Waals surface area contributed by atoms with Gasteiger partial charge in [0.05, 0.1) is 5.92 Å². The van der Waals surface area contributed by atoms with Gasteiger partial charge in [0.1, 0.15) is 5.69 Å². The number of hydrogen-bond donors (Lipinski definition) is 1. The number of pyridine rings is 1. The fraction of sp³-hybridized carbons (Fsp3) is 0.333. The molecule has 0 spiro atoms. The Morgan fingerprint density at radius 2 is 1.95 bits per heavy atom. The number of carboxylic acid groups (broad SMARTS) is 1. The summed E-state index contributed by atoms with van der Waals surface area (Å²) in [5.41, 5.74) is 0.349. The summed E-state index contributed by atoms with van der Waals surface area (Å²) in [7, 11) is 0. The summed E-state index contributed by atoms with van der Waals surface area (Å²) in [6.07, 6.45) is 4.38. The van der Waals surface area contributed by atoms with Crippen molar-refractivity contribution in [3.63, 3.8) is 0 Å². The molecular weight excluding hydrogens is 284 g/mol. The molecule has 2 aromatic rings. The molecule has 1 saturated heterocycles. The largest absolute Gasteiger partial charge is 0.481 e. The highest BCUT2D eigenvalue weighted by Crippen LogP contribution is 2.19. The Bertz CT molecular complexity index is 676. The second-order valence-electron chi connectivity index (χ2n) is 5.24. The Hall–Kier alpha value is -2.70. The molecule has 0 aliphatic carbocycles. The van der Waals surface area contributed by atoms with E-state index in [0.717, 1.165) is 0 Å². The standard InChI is InChI=1S/C15H16N4O3/c20-14(18-9-5-11(6-10-18)15(21)22)12-3-1-4-13(17-12)19-8-2-7-16-19/h1-4,7-8,11H,5-6,9-10H2,(H,21,22). The maximum Gasteiger partial charge on any atom is 0.306 e. The van der Waals surface area contributed by atoms with Gasteiger partial charge in [0, 0.05) is 25.5 Å². The number of aromatic nitrogens is 3. The second kappa shape index (κ2) is 5.97. The number of hydrogen-bond acceptors (Lipinski definition) is 4. The molecule has 7 heteroatoms. The van der Waals surface area contributed by atoms with Crippen LogP contribution in [-0.4, -0.2) is 49.7 Å². The monoisotopic (exact) mass is 300 g/mol. The quantitative estimate of drug-likeness (QED) is 0.920. The number of aliphatic carboxylic acids is 1. The fourth-order valence-electron chi connectivity index (χ4n) is 2.57. The molecule has 1 amide bonds. The molecule has 0 atom stereocenters. The zero-order valence-corrected chi connectivity index (χ0v) is 11.9. The predicted molar refractivity (Wildman–Crippen MR) is 77.6 cm³/mol. The van der Waals surface area contributed by atoms with Crippen molar-refractivity contribution in [2.75, 3.05) is 13.1 Å². The van der Waals surface area contributed by atoms with Gasteiger partial charge >= 0.3 is 5.97 Å². The molecule has 0 radical (unpaired) electrons. The number of amides is 1. The summed E-state index contributed by atoms with van der Waals surface area (Å²) < 4.78 is 1.59. The van der Waals surface area contributed by atoms with Crippen molar-refractivity contribution in [3.8, 4) is 5.82 Å². The molecular formula is C15H16N4O3. The molecule has 3 rings (SSSR count). The zero-order chi connectivity index (χ0) is 15.5. The molecule has 0 saturated carbocycles. The third kappa shape index (κ3) is 2.83. The molecule has 1 aliphatic heterocycles. The summed E-state index contributed by atoms with van der Waals surface area (Å²) in [5, 5.41) is 13.1. The minimum Gasteiger partial charge on any atom is -0.481 e. The van der Waals surface area contributed by atoms with Gasteiger partial charge in [0.25, 0.3) is 5.91 Å². The van der Waals surface area contributed by atoms with Crippen LogP contribution in [0.25, 0.3) is 5.82 Å². The Morgan fingerprint density at radius 1 is 1.18 bits per heavy atom. The Morgan fingerprint density at radius 3 is 2.59 bits per heavy atom. The van der Waals surface area contributed by atoms with E-state index in [1.165, 1.54) is 0 Å². The van der Waals surface area contributed by atoms with Gasteiger partial charge in [-0.2, -0.15) is 5.10 Å². The van der Waals surface area contributed by atoms with Crippen molar-refractivity contribution < 1.29 is 14.7 Å². The highest BCUT2D eigenvalue weighted by atomic mass is 16.4. The second-order valence-corrected chi connectivity index (χ2v) is 5.24. The van der Waals surface area contributed by atoms with Crippen LogP contribution in [0.5, 0.6) is 0 Å². The molecule has 3 heterocycles. The average Bonchev–Trinajstić information content (AvgIpc) is 3.09. The lowest BCUT2D eigenvalue weighted by molar-refractivity contribution is -0.143. The number of piperidine rings is 1.